The second-order valence-corrected chi connectivity index (χ2v) is 10.4. The maximum atomic E-state index is 13.5. The van der Waals surface area contributed by atoms with E-state index in [1.165, 1.54) is 12.1 Å². The topological polar surface area (TPSA) is 140 Å². The number of halogens is 2. The predicted molar refractivity (Wildman–Crippen MR) is 149 cm³/mol. The molecular weight excluding hydrogens is 588 g/mol. The Morgan fingerprint density at radius 1 is 1.02 bits per heavy atom. The summed E-state index contributed by atoms with van der Waals surface area (Å²) in [5.41, 5.74) is 0.0525. The van der Waals surface area contributed by atoms with E-state index in [0.717, 1.165) is 6.07 Å². The summed E-state index contributed by atoms with van der Waals surface area (Å²) in [6.45, 7) is 4.07. The van der Waals surface area contributed by atoms with Crippen LogP contribution in [0.5, 0.6) is 11.5 Å². The third-order valence-electron chi connectivity index (χ3n) is 5.79. The van der Waals surface area contributed by atoms with Crippen LogP contribution in [0.25, 0.3) is 10.8 Å². The van der Waals surface area contributed by atoms with Gasteiger partial charge in [0.15, 0.2) is 0 Å². The number of hydrogen-bond donors (Lipinski definition) is 2. The van der Waals surface area contributed by atoms with Gasteiger partial charge >= 0.3 is 29.6 Å². The third kappa shape index (κ3) is 6.77. The molecule has 0 heterocycles. The van der Waals surface area contributed by atoms with Gasteiger partial charge in [-0.25, -0.2) is 0 Å². The Labute approximate surface area is 263 Å². The van der Waals surface area contributed by atoms with Gasteiger partial charge in [-0.2, -0.15) is 13.5 Å². The van der Waals surface area contributed by atoms with Crippen LogP contribution in [0.1, 0.15) is 29.8 Å². The van der Waals surface area contributed by atoms with Gasteiger partial charge in [0.05, 0.1) is 28.0 Å². The van der Waals surface area contributed by atoms with Gasteiger partial charge in [-0.15, -0.1) is 5.11 Å². The molecule has 0 spiro atoms. The second kappa shape index (κ2) is 13.3. The molecule has 4 aromatic carbocycles. The minimum Gasteiger partial charge on any atom is -0.870 e. The third-order valence-corrected chi connectivity index (χ3v) is 7.41. The molecular formula is C27H22Cl2N3NaO6S. The maximum absolute atomic E-state index is 13.5. The van der Waals surface area contributed by atoms with Crippen LogP contribution in [0.4, 0.5) is 17.1 Å². The van der Waals surface area contributed by atoms with Gasteiger partial charge in [-0.1, -0.05) is 66.2 Å². The fraction of sp³-hybridized carbons (Fsp3) is 0.148. The van der Waals surface area contributed by atoms with Crippen LogP contribution in [-0.4, -0.2) is 25.5 Å². The number of amides is 1. The summed E-state index contributed by atoms with van der Waals surface area (Å²) in [6.07, 6.45) is 0.451. The van der Waals surface area contributed by atoms with Crippen molar-refractivity contribution in [3.63, 3.8) is 0 Å². The molecule has 0 aliphatic rings. The Morgan fingerprint density at radius 3 is 2.38 bits per heavy atom. The van der Waals surface area contributed by atoms with Crippen molar-refractivity contribution >= 4 is 67.1 Å². The molecule has 1 amide bonds. The monoisotopic (exact) mass is 609 g/mol. The van der Waals surface area contributed by atoms with Crippen LogP contribution in [0.15, 0.2) is 75.8 Å². The van der Waals surface area contributed by atoms with E-state index in [2.05, 4.69) is 15.5 Å². The normalized spacial score (nSPS) is 11.4. The molecule has 4 rings (SSSR count). The molecule has 202 valence electrons. The van der Waals surface area contributed by atoms with E-state index >= 15 is 0 Å². The molecule has 9 nitrogen and oxygen atoms in total. The molecule has 0 unspecified atom stereocenters. The number of benzene rings is 4. The van der Waals surface area contributed by atoms with Crippen LogP contribution in [-0.2, 0) is 16.5 Å². The summed E-state index contributed by atoms with van der Waals surface area (Å²) in [7, 11) is -4.71. The number of hydrogen-bond acceptors (Lipinski definition) is 7. The van der Waals surface area contributed by atoms with Gasteiger partial charge < -0.3 is 15.2 Å². The van der Waals surface area contributed by atoms with Gasteiger partial charge in [0.1, 0.15) is 16.3 Å². The Bertz CT molecular complexity index is 1730. The molecule has 0 bridgehead atoms. The number of carbonyl (C=O) groups is 1. The number of ether oxygens (including phenoxy) is 1. The molecule has 40 heavy (non-hydrogen) atoms. The van der Waals surface area contributed by atoms with Crippen molar-refractivity contribution in [1.29, 1.82) is 0 Å². The number of nitrogens with one attached hydrogen (secondary N) is 1. The minimum atomic E-state index is -4.71. The van der Waals surface area contributed by atoms with E-state index < -0.39 is 26.7 Å². The number of fused-ring (bicyclic) bond motifs is 1. The zero-order valence-electron chi connectivity index (χ0n) is 21.7. The van der Waals surface area contributed by atoms with Crippen molar-refractivity contribution in [1.82, 2.24) is 0 Å². The van der Waals surface area contributed by atoms with Crippen LogP contribution in [0.3, 0.4) is 0 Å². The number of rotatable bonds is 8. The van der Waals surface area contributed by atoms with E-state index in [0.29, 0.717) is 35.1 Å². The number of carbonyl (C=O) groups excluding carboxylic acids is 1. The summed E-state index contributed by atoms with van der Waals surface area (Å²) in [5.74, 6) is -0.973. The first-order valence-corrected chi connectivity index (χ1v) is 13.9. The fourth-order valence-corrected chi connectivity index (χ4v) is 5.12. The Hall–Kier alpha value is -2.70. The Balaban J connectivity index is 0.00000441. The summed E-state index contributed by atoms with van der Waals surface area (Å²) in [4.78, 5) is 12.6. The molecule has 0 radical (unpaired) electrons. The molecule has 0 fully saturated rings. The zero-order valence-corrected chi connectivity index (χ0v) is 26.1. The van der Waals surface area contributed by atoms with Gasteiger partial charge in [-0.05, 0) is 48.6 Å². The van der Waals surface area contributed by atoms with E-state index in [4.69, 9.17) is 27.9 Å². The first-order valence-electron chi connectivity index (χ1n) is 11.7. The molecule has 0 aliphatic carbocycles. The summed E-state index contributed by atoms with van der Waals surface area (Å²) >= 11 is 12.7. The largest absolute Gasteiger partial charge is 1.00 e. The first kappa shape index (κ1) is 31.8. The smallest absolute Gasteiger partial charge is 0.870 e. The molecule has 4 aromatic rings. The van der Waals surface area contributed by atoms with E-state index in [1.807, 2.05) is 6.92 Å². The zero-order chi connectivity index (χ0) is 28.3. The summed E-state index contributed by atoms with van der Waals surface area (Å²) in [5, 5.41) is 25.2. The molecule has 0 atom stereocenters. The molecule has 2 N–H and O–H groups in total. The summed E-state index contributed by atoms with van der Waals surface area (Å²) in [6, 6.07) is 15.5. The Kier molecular flexibility index (Phi) is 10.6. The second-order valence-electron chi connectivity index (χ2n) is 8.27. The van der Waals surface area contributed by atoms with Gasteiger partial charge in [0.25, 0.3) is 16.0 Å². The number of aryl methyl sites for hydroxylation is 1. The van der Waals surface area contributed by atoms with E-state index in [1.54, 1.807) is 49.4 Å². The quantitative estimate of drug-likeness (QED) is 0.175. The number of nitrogens with zero attached hydrogens (tertiary/aromatic N) is 2. The van der Waals surface area contributed by atoms with Crippen LogP contribution in [0.2, 0.25) is 10.0 Å². The van der Waals surface area contributed by atoms with Gasteiger partial charge in [0.2, 0.25) is 0 Å². The van der Waals surface area contributed by atoms with Crippen LogP contribution in [0, 0.1) is 0 Å². The van der Waals surface area contributed by atoms with Crippen molar-refractivity contribution < 1.29 is 57.2 Å². The standard InChI is InChI=1S/C27H23Cl2N3O6S.Na/c1-3-15-9-12-22(39(35,36)37)25(23(15)29)32-31-24-18-8-6-5-7-16(18)13-19(26(24)33)27(34)30-21-11-10-17(38-4-2)14-20(21)28;/h5-14,33H,3-4H2,1-2H3,(H,30,34)(H,35,36,37);/q;+1/p-1. The van der Waals surface area contributed by atoms with E-state index in [9.17, 15) is 22.9 Å². The van der Waals surface area contributed by atoms with Crippen molar-refractivity contribution in [2.45, 2.75) is 25.2 Å². The maximum Gasteiger partial charge on any atom is 1.00 e. The van der Waals surface area contributed by atoms with Gasteiger partial charge in [0, 0.05) is 17.0 Å². The Morgan fingerprint density at radius 2 is 1.73 bits per heavy atom. The first-order chi connectivity index (χ1) is 18.5. The SMILES string of the molecule is CCOc1ccc(NC(=O)c2cc3ccccc3c(N=Nc3c(S(=O)(=O)O)ccc(CC)c3Cl)c2[O-])c(Cl)c1.[Na+]. The molecule has 0 aromatic heterocycles. The van der Waals surface area contributed by atoms with Gasteiger partial charge in [-0.3, -0.25) is 9.35 Å². The van der Waals surface area contributed by atoms with Crippen molar-refractivity contribution in [3.8, 4) is 11.5 Å². The molecule has 0 aliphatic heterocycles. The molecule has 13 heteroatoms. The summed E-state index contributed by atoms with van der Waals surface area (Å²) < 4.78 is 39.0. The van der Waals surface area contributed by atoms with Crippen molar-refractivity contribution in [2.24, 2.45) is 10.2 Å². The van der Waals surface area contributed by atoms with Crippen molar-refractivity contribution in [3.05, 3.63) is 81.8 Å². The van der Waals surface area contributed by atoms with Crippen LogP contribution >= 0.6 is 23.2 Å². The minimum absolute atomic E-state index is 0. The van der Waals surface area contributed by atoms with E-state index in [-0.39, 0.29) is 62.2 Å². The fourth-order valence-electron chi connectivity index (χ4n) is 3.88. The molecule has 0 saturated carbocycles. The van der Waals surface area contributed by atoms with Crippen molar-refractivity contribution in [2.75, 3.05) is 11.9 Å². The number of azo groups is 1. The average Bonchev–Trinajstić information content (AvgIpc) is 2.89. The van der Waals surface area contributed by atoms with Crippen LogP contribution < -0.4 is 44.7 Å². The molecule has 0 saturated heterocycles. The predicted octanol–water partition coefficient (Wildman–Crippen LogP) is 4.10. The average molecular weight is 610 g/mol. The number of anilines is 1.